The number of esters is 1. The van der Waals surface area contributed by atoms with Gasteiger partial charge in [0.2, 0.25) is 6.10 Å². The summed E-state index contributed by atoms with van der Waals surface area (Å²) in [6.07, 6.45) is 1.84. The minimum Gasteiger partial charge on any atom is -0.484 e. The van der Waals surface area contributed by atoms with Crippen molar-refractivity contribution < 1.29 is 23.1 Å². The molecule has 0 spiro atoms. The quantitative estimate of drug-likeness (QED) is 0.286. The van der Waals surface area contributed by atoms with Crippen molar-refractivity contribution in [3.05, 3.63) is 12.3 Å². The highest BCUT2D eigenvalue weighted by Gasteiger charge is 2.49. The lowest BCUT2D eigenvalue weighted by molar-refractivity contribution is -0.164. The molecule has 182 valence electrons. The smallest absolute Gasteiger partial charge is 0.350 e. The molecule has 1 rings (SSSR count). The average molecular weight is 489 g/mol. The molecule has 8 heteroatoms. The second-order valence-corrected chi connectivity index (χ2v) is 28.2. The van der Waals surface area contributed by atoms with Crippen LogP contribution in [0.4, 0.5) is 0 Å². The third-order valence-corrected chi connectivity index (χ3v) is 17.6. The summed E-state index contributed by atoms with van der Waals surface area (Å²) in [4.78, 5) is 13.1. The highest BCUT2D eigenvalue weighted by atomic mass is 28.4. The minimum absolute atomic E-state index is 0.00196. The van der Waals surface area contributed by atoms with Crippen LogP contribution >= 0.6 is 0 Å². The molecule has 0 aliphatic carbocycles. The molecular weight excluding hydrogens is 441 g/mol. The Morgan fingerprint density at radius 1 is 0.871 bits per heavy atom. The van der Waals surface area contributed by atoms with Gasteiger partial charge < -0.3 is 18.3 Å². The number of rotatable bonds is 8. The lowest BCUT2D eigenvalue weighted by Gasteiger charge is -2.46. The van der Waals surface area contributed by atoms with Crippen molar-refractivity contribution in [2.24, 2.45) is 0 Å². The van der Waals surface area contributed by atoms with Gasteiger partial charge in [0.05, 0.1) is 19.0 Å². The first-order valence-electron chi connectivity index (χ1n) is 11.5. The van der Waals surface area contributed by atoms with E-state index in [4.69, 9.17) is 18.3 Å². The zero-order valence-corrected chi connectivity index (χ0v) is 25.3. The number of hydrogen-bond donors (Lipinski definition) is 0. The Kier molecular flexibility index (Phi) is 9.07. The molecule has 31 heavy (non-hydrogen) atoms. The molecule has 1 heterocycles. The third-order valence-electron chi connectivity index (χ3n) is 6.92. The Balaban J connectivity index is 3.18. The molecule has 0 unspecified atom stereocenters. The molecule has 5 nitrogen and oxygen atoms in total. The zero-order valence-electron chi connectivity index (χ0n) is 22.3. The topological polar surface area (TPSA) is 54.0 Å². The van der Waals surface area contributed by atoms with Gasteiger partial charge in [0.1, 0.15) is 6.10 Å². The molecule has 0 N–H and O–H groups in total. The molecule has 0 saturated carbocycles. The second-order valence-electron chi connectivity index (χ2n) is 13.0. The molecule has 0 radical (unpaired) electrons. The van der Waals surface area contributed by atoms with Gasteiger partial charge in [0.15, 0.2) is 16.6 Å². The monoisotopic (exact) mass is 488 g/mol. The maximum atomic E-state index is 13.1. The summed E-state index contributed by atoms with van der Waals surface area (Å²) in [6, 6.07) is 0.930. The first kappa shape index (κ1) is 28.6. The van der Waals surface area contributed by atoms with E-state index in [1.807, 2.05) is 6.08 Å². The van der Waals surface area contributed by atoms with Gasteiger partial charge in [-0.15, -0.1) is 0 Å². The van der Waals surface area contributed by atoms with Gasteiger partial charge in [-0.05, 0) is 48.4 Å². The molecule has 0 aromatic carbocycles. The minimum atomic E-state index is -2.18. The van der Waals surface area contributed by atoms with Crippen molar-refractivity contribution in [3.8, 4) is 0 Å². The van der Waals surface area contributed by atoms with Crippen LogP contribution in [0.25, 0.3) is 0 Å². The van der Waals surface area contributed by atoms with Crippen molar-refractivity contribution in [2.75, 3.05) is 6.61 Å². The van der Waals surface area contributed by atoms with E-state index in [-0.39, 0.29) is 22.1 Å². The van der Waals surface area contributed by atoms with Gasteiger partial charge in [0, 0.05) is 8.07 Å². The van der Waals surface area contributed by atoms with E-state index in [1.165, 1.54) is 0 Å². The van der Waals surface area contributed by atoms with E-state index < -0.39 is 36.9 Å². The van der Waals surface area contributed by atoms with Crippen LogP contribution in [0.2, 0.25) is 61.9 Å². The Morgan fingerprint density at radius 2 is 1.35 bits per heavy atom. The molecule has 0 aromatic rings. The van der Waals surface area contributed by atoms with E-state index in [1.54, 1.807) is 6.26 Å². The van der Waals surface area contributed by atoms with E-state index in [9.17, 15) is 4.79 Å². The molecular formula is C23H48O5Si3. The van der Waals surface area contributed by atoms with E-state index in [0.717, 1.165) is 6.04 Å². The van der Waals surface area contributed by atoms with Crippen LogP contribution in [0.5, 0.6) is 0 Å². The molecule has 1 aliphatic rings. The molecule has 1 aliphatic heterocycles. The fourth-order valence-electron chi connectivity index (χ4n) is 2.57. The molecule has 0 saturated heterocycles. The lowest BCUT2D eigenvalue weighted by Crippen LogP contribution is -2.58. The third kappa shape index (κ3) is 8.14. The van der Waals surface area contributed by atoms with Crippen molar-refractivity contribution >= 4 is 30.7 Å². The predicted molar refractivity (Wildman–Crippen MR) is 137 cm³/mol. The highest BCUT2D eigenvalue weighted by Crippen LogP contribution is 2.42. The number of carbonyl (C=O) groups is 1. The first-order chi connectivity index (χ1) is 13.7. The van der Waals surface area contributed by atoms with Crippen LogP contribution in [0, 0.1) is 0 Å². The van der Waals surface area contributed by atoms with Crippen molar-refractivity contribution in [3.63, 3.8) is 0 Å². The summed E-state index contributed by atoms with van der Waals surface area (Å²) in [5.74, 6) is -0.352. The summed E-state index contributed by atoms with van der Waals surface area (Å²) in [7, 11) is -5.57. The number of ether oxygens (including phenoxy) is 2. The molecule has 0 aromatic heterocycles. The summed E-state index contributed by atoms with van der Waals surface area (Å²) in [6.45, 7) is 29.3. The van der Waals surface area contributed by atoms with Gasteiger partial charge >= 0.3 is 5.97 Å². The normalized spacial score (nSPS) is 23.5. The van der Waals surface area contributed by atoms with Crippen LogP contribution in [0.1, 0.15) is 41.5 Å². The van der Waals surface area contributed by atoms with Gasteiger partial charge in [-0.2, -0.15) is 0 Å². The Labute approximate surface area is 194 Å². The lowest BCUT2D eigenvalue weighted by atomic mass is 10.1. The first-order valence-corrected chi connectivity index (χ1v) is 21.0. The Bertz CT molecular complexity index is 639. The number of carbonyl (C=O) groups excluding carboxylic acids is 1. The molecule has 0 bridgehead atoms. The average Bonchev–Trinajstić information content (AvgIpc) is 2.52. The Hall–Kier alpha value is -0.419. The second kappa shape index (κ2) is 9.83. The maximum Gasteiger partial charge on any atom is 0.350 e. The van der Waals surface area contributed by atoms with Gasteiger partial charge in [0.25, 0.3) is 0 Å². The molecule has 0 amide bonds. The van der Waals surface area contributed by atoms with Crippen molar-refractivity contribution in [1.29, 1.82) is 0 Å². The maximum absolute atomic E-state index is 13.1. The van der Waals surface area contributed by atoms with Gasteiger partial charge in [-0.25, -0.2) is 4.79 Å². The standard InChI is InChI=1S/C23H48O5Si3/c1-22(2,3)30(10,11)27-18-14-15-25-20(21(24)26-16-17-29(7,8)9)19(18)28-31(12,13)23(4,5)6/h14-15,18-20H,16-17H2,1-13H3/t18-,19+,20+/m1/s1. The van der Waals surface area contributed by atoms with Crippen LogP contribution in [0.3, 0.4) is 0 Å². The van der Waals surface area contributed by atoms with E-state index in [0.29, 0.717) is 6.61 Å². The fourth-order valence-corrected chi connectivity index (χ4v) is 5.82. The molecule has 0 fully saturated rings. The largest absolute Gasteiger partial charge is 0.484 e. The van der Waals surface area contributed by atoms with Crippen LogP contribution in [0.15, 0.2) is 12.3 Å². The van der Waals surface area contributed by atoms with Crippen LogP contribution < -0.4 is 0 Å². The summed E-state index contributed by atoms with van der Waals surface area (Å²) < 4.78 is 25.0. The highest BCUT2D eigenvalue weighted by molar-refractivity contribution is 6.76. The van der Waals surface area contributed by atoms with Crippen LogP contribution in [-0.2, 0) is 23.1 Å². The van der Waals surface area contributed by atoms with Gasteiger partial charge in [-0.1, -0.05) is 61.2 Å². The van der Waals surface area contributed by atoms with E-state index >= 15 is 0 Å². The van der Waals surface area contributed by atoms with Crippen LogP contribution in [-0.4, -0.2) is 55.6 Å². The summed E-state index contributed by atoms with van der Waals surface area (Å²) in [5.41, 5.74) is 0. The Morgan fingerprint density at radius 3 is 1.81 bits per heavy atom. The van der Waals surface area contributed by atoms with Crippen molar-refractivity contribution in [1.82, 2.24) is 0 Å². The zero-order chi connectivity index (χ0) is 24.5. The predicted octanol–water partition coefficient (Wildman–Crippen LogP) is 6.56. The summed E-state index contributed by atoms with van der Waals surface area (Å²) in [5, 5.41) is 0.0516. The fraction of sp³-hybridized carbons (Fsp3) is 0.870. The van der Waals surface area contributed by atoms with Crippen molar-refractivity contribution in [2.45, 2.75) is 122 Å². The molecule has 3 atom stereocenters. The van der Waals surface area contributed by atoms with Gasteiger partial charge in [-0.3, -0.25) is 0 Å². The van der Waals surface area contributed by atoms with E-state index in [2.05, 4.69) is 87.4 Å². The number of hydrogen-bond acceptors (Lipinski definition) is 5. The summed E-state index contributed by atoms with van der Waals surface area (Å²) >= 11 is 0. The SMILES string of the molecule is CC(C)(C)[Si](C)(C)O[C@@H]1[C@@H](C(=O)OCC[Si](C)(C)C)OC=C[C@H]1O[Si](C)(C)C(C)(C)C.